The van der Waals surface area contributed by atoms with Crippen LogP contribution in [0.1, 0.15) is 30.7 Å². The Morgan fingerprint density at radius 3 is 2.44 bits per heavy atom. The first-order valence-corrected chi connectivity index (χ1v) is 11.8. The van der Waals surface area contributed by atoms with Crippen molar-refractivity contribution >= 4 is 22.8 Å². The summed E-state index contributed by atoms with van der Waals surface area (Å²) < 4.78 is 74.8. The van der Waals surface area contributed by atoms with Gasteiger partial charge in [-0.15, -0.1) is 0 Å². The Morgan fingerprint density at radius 2 is 1.75 bits per heavy atom. The number of anilines is 2. The number of ether oxygens (including phenoxy) is 1. The lowest BCUT2D eigenvalue weighted by Crippen LogP contribution is -2.37. The van der Waals surface area contributed by atoms with E-state index < -0.39 is 24.0 Å². The number of imidazole rings is 1. The second-order valence-corrected chi connectivity index (χ2v) is 8.89. The summed E-state index contributed by atoms with van der Waals surface area (Å²) in [6, 6.07) is 4.27. The largest absolute Gasteiger partial charge is 0.416 e. The number of benzene rings is 1. The van der Waals surface area contributed by atoms with E-state index in [2.05, 4.69) is 25.6 Å². The number of morpholine rings is 1. The Hall–Kier alpha value is -3.06. The van der Waals surface area contributed by atoms with E-state index in [1.807, 2.05) is 4.90 Å². The molecule has 2 aliphatic heterocycles. The van der Waals surface area contributed by atoms with Gasteiger partial charge in [-0.25, -0.2) is 13.8 Å². The summed E-state index contributed by atoms with van der Waals surface area (Å²) in [6.07, 6.45) is -5.71. The molecule has 0 atom stereocenters. The molecule has 8 nitrogen and oxygen atoms in total. The Kier molecular flexibility index (Phi) is 6.93. The molecule has 2 aromatic heterocycles. The summed E-state index contributed by atoms with van der Waals surface area (Å²) in [7, 11) is 0. The first-order chi connectivity index (χ1) is 17.3. The van der Waals surface area contributed by atoms with Crippen LogP contribution in [0.5, 0.6) is 0 Å². The van der Waals surface area contributed by atoms with Gasteiger partial charge in [0.15, 0.2) is 5.82 Å². The van der Waals surface area contributed by atoms with Gasteiger partial charge in [0.25, 0.3) is 6.43 Å². The van der Waals surface area contributed by atoms with Gasteiger partial charge in [-0.05, 0) is 50.0 Å². The van der Waals surface area contributed by atoms with Crippen molar-refractivity contribution in [3.8, 4) is 5.82 Å². The summed E-state index contributed by atoms with van der Waals surface area (Å²) in [4.78, 5) is 14.9. The van der Waals surface area contributed by atoms with Crippen LogP contribution in [0.3, 0.4) is 0 Å². The third-order valence-electron chi connectivity index (χ3n) is 6.47. The van der Waals surface area contributed by atoms with Crippen LogP contribution in [-0.2, 0) is 10.9 Å². The summed E-state index contributed by atoms with van der Waals surface area (Å²) in [6.45, 7) is 4.44. The van der Waals surface area contributed by atoms with Crippen molar-refractivity contribution < 1.29 is 26.7 Å². The maximum atomic E-state index is 14.0. The zero-order valence-electron chi connectivity index (χ0n) is 19.4. The van der Waals surface area contributed by atoms with Gasteiger partial charge in [0.05, 0.1) is 29.8 Å². The SMILES string of the molecule is FC(F)c1nc2ccc(C(F)(F)F)cc2n1-c1cc(N2CCOCC2)nc(NCC2CCNCC2)n1. The van der Waals surface area contributed by atoms with Crippen LogP contribution < -0.4 is 15.5 Å². The fourth-order valence-corrected chi connectivity index (χ4v) is 4.55. The third kappa shape index (κ3) is 5.21. The molecule has 0 spiro atoms. The van der Waals surface area contributed by atoms with E-state index >= 15 is 0 Å². The van der Waals surface area contributed by atoms with E-state index in [9.17, 15) is 22.0 Å². The molecule has 2 saturated heterocycles. The third-order valence-corrected chi connectivity index (χ3v) is 6.47. The van der Waals surface area contributed by atoms with Gasteiger partial charge < -0.3 is 20.3 Å². The molecule has 0 unspecified atom stereocenters. The van der Waals surface area contributed by atoms with Crippen LogP contribution in [-0.4, -0.2) is 65.5 Å². The molecule has 1 aromatic carbocycles. The summed E-state index contributed by atoms with van der Waals surface area (Å²) in [5, 5.41) is 6.52. The molecule has 0 radical (unpaired) electrons. The lowest BCUT2D eigenvalue weighted by Gasteiger charge is -2.28. The highest BCUT2D eigenvalue weighted by atomic mass is 19.4. The highest BCUT2D eigenvalue weighted by Gasteiger charge is 2.32. The highest BCUT2D eigenvalue weighted by Crippen LogP contribution is 2.34. The normalized spacial score (nSPS) is 17.8. The summed E-state index contributed by atoms with van der Waals surface area (Å²) >= 11 is 0. The van der Waals surface area contributed by atoms with Gasteiger partial charge in [0.2, 0.25) is 5.95 Å². The molecule has 5 rings (SSSR count). The molecule has 0 bridgehead atoms. The molecule has 13 heteroatoms. The van der Waals surface area contributed by atoms with Crippen molar-refractivity contribution in [2.75, 3.05) is 56.2 Å². The first kappa shape index (κ1) is 24.6. The fraction of sp³-hybridized carbons (Fsp3) is 0.522. The monoisotopic (exact) mass is 511 g/mol. The number of rotatable bonds is 6. The number of piperidine rings is 1. The predicted molar refractivity (Wildman–Crippen MR) is 124 cm³/mol. The van der Waals surface area contributed by atoms with E-state index in [1.165, 1.54) is 6.07 Å². The van der Waals surface area contributed by atoms with Crippen LogP contribution in [0.25, 0.3) is 16.9 Å². The number of halogens is 5. The second kappa shape index (κ2) is 10.1. The van der Waals surface area contributed by atoms with Gasteiger partial charge in [-0.1, -0.05) is 0 Å². The van der Waals surface area contributed by atoms with E-state index in [0.717, 1.165) is 48.7 Å². The molecule has 2 fully saturated rings. The predicted octanol–water partition coefficient (Wildman–Crippen LogP) is 4.02. The van der Waals surface area contributed by atoms with E-state index in [-0.39, 0.29) is 22.8 Å². The standard InChI is InChI=1S/C23H26F5N7O/c24-20(25)21-31-16-2-1-15(23(26,27)28)11-17(16)35(21)19-12-18(34-7-9-36-10-8-34)32-22(33-19)30-13-14-3-5-29-6-4-14/h1-2,11-12,14,20,29H,3-10,13H2,(H,30,32,33). The van der Waals surface area contributed by atoms with Gasteiger partial charge in [0, 0.05) is 25.7 Å². The highest BCUT2D eigenvalue weighted by molar-refractivity contribution is 5.79. The zero-order valence-corrected chi connectivity index (χ0v) is 19.4. The number of fused-ring (bicyclic) bond motifs is 1. The second-order valence-electron chi connectivity index (χ2n) is 8.89. The Balaban J connectivity index is 1.60. The minimum absolute atomic E-state index is 0.0223. The van der Waals surface area contributed by atoms with Crippen molar-refractivity contribution in [1.82, 2.24) is 24.8 Å². The van der Waals surface area contributed by atoms with Crippen molar-refractivity contribution in [3.63, 3.8) is 0 Å². The number of nitrogens with zero attached hydrogens (tertiary/aromatic N) is 5. The number of alkyl halides is 5. The van der Waals surface area contributed by atoms with Crippen molar-refractivity contribution in [2.24, 2.45) is 5.92 Å². The van der Waals surface area contributed by atoms with Gasteiger partial charge >= 0.3 is 6.18 Å². The molecule has 3 aromatic rings. The van der Waals surface area contributed by atoms with Crippen LogP contribution in [0.15, 0.2) is 24.3 Å². The topological polar surface area (TPSA) is 80.1 Å². The Bertz CT molecular complexity index is 1200. The molecular formula is C23H26F5N7O. The summed E-state index contributed by atoms with van der Waals surface area (Å²) in [5.41, 5.74) is -1.03. The fourth-order valence-electron chi connectivity index (χ4n) is 4.55. The molecular weight excluding hydrogens is 485 g/mol. The molecule has 36 heavy (non-hydrogen) atoms. The zero-order chi connectivity index (χ0) is 25.3. The van der Waals surface area contributed by atoms with E-state index in [1.54, 1.807) is 0 Å². The van der Waals surface area contributed by atoms with Crippen molar-refractivity contribution in [3.05, 3.63) is 35.7 Å². The Labute approximate surface area is 203 Å². The molecule has 2 N–H and O–H groups in total. The minimum Gasteiger partial charge on any atom is -0.378 e. The molecule has 4 heterocycles. The van der Waals surface area contributed by atoms with Crippen LogP contribution in [0, 0.1) is 5.92 Å². The number of hydrogen-bond donors (Lipinski definition) is 2. The maximum Gasteiger partial charge on any atom is 0.416 e. The molecule has 194 valence electrons. The lowest BCUT2D eigenvalue weighted by atomic mass is 9.98. The van der Waals surface area contributed by atoms with E-state index in [4.69, 9.17) is 4.74 Å². The first-order valence-electron chi connectivity index (χ1n) is 11.8. The maximum absolute atomic E-state index is 14.0. The van der Waals surface area contributed by atoms with Crippen LogP contribution >= 0.6 is 0 Å². The molecule has 2 aliphatic rings. The van der Waals surface area contributed by atoms with E-state index in [0.29, 0.717) is 44.6 Å². The smallest absolute Gasteiger partial charge is 0.378 e. The Morgan fingerprint density at radius 1 is 1.03 bits per heavy atom. The lowest BCUT2D eigenvalue weighted by molar-refractivity contribution is -0.137. The summed E-state index contributed by atoms with van der Waals surface area (Å²) in [5.74, 6) is 0.439. The van der Waals surface area contributed by atoms with Crippen LogP contribution in [0.4, 0.5) is 33.7 Å². The molecule has 0 amide bonds. The quantitative estimate of drug-likeness (QED) is 0.484. The van der Waals surface area contributed by atoms with Gasteiger partial charge in [-0.3, -0.25) is 4.57 Å². The van der Waals surface area contributed by atoms with Gasteiger partial charge in [0.1, 0.15) is 11.6 Å². The van der Waals surface area contributed by atoms with Crippen molar-refractivity contribution in [2.45, 2.75) is 25.4 Å². The van der Waals surface area contributed by atoms with Crippen LogP contribution in [0.2, 0.25) is 0 Å². The number of hydrogen-bond acceptors (Lipinski definition) is 7. The average molecular weight is 511 g/mol. The van der Waals surface area contributed by atoms with Crippen molar-refractivity contribution in [1.29, 1.82) is 0 Å². The number of aromatic nitrogens is 4. The number of nitrogens with one attached hydrogen (secondary N) is 2. The minimum atomic E-state index is -4.64. The van der Waals surface area contributed by atoms with Gasteiger partial charge in [-0.2, -0.15) is 23.1 Å². The molecule has 0 aliphatic carbocycles. The molecule has 0 saturated carbocycles. The average Bonchev–Trinajstić information content (AvgIpc) is 3.27.